The molecule has 3 aromatic carbocycles. The van der Waals surface area contributed by atoms with Crippen molar-refractivity contribution in [1.82, 2.24) is 15.0 Å². The fraction of sp³-hybridized carbons (Fsp3) is 0.118. The zero-order chi connectivity index (χ0) is 30.2. The second-order valence-corrected chi connectivity index (χ2v) is 11.5. The van der Waals surface area contributed by atoms with E-state index >= 15 is 0 Å². The Morgan fingerprint density at radius 3 is 2.37 bits per heavy atom. The van der Waals surface area contributed by atoms with Crippen LogP contribution in [0.4, 0.5) is 0 Å². The van der Waals surface area contributed by atoms with Crippen molar-refractivity contribution in [2.75, 3.05) is 12.9 Å². The minimum Gasteiger partial charge on any atom is -0.380 e. The first-order valence-corrected chi connectivity index (χ1v) is 15.2. The summed E-state index contributed by atoms with van der Waals surface area (Å²) >= 11 is 4.75. The molecule has 0 aliphatic rings. The van der Waals surface area contributed by atoms with Crippen LogP contribution in [-0.4, -0.2) is 34.5 Å². The van der Waals surface area contributed by atoms with Gasteiger partial charge in [0.15, 0.2) is 0 Å². The maximum absolute atomic E-state index is 12.8. The van der Waals surface area contributed by atoms with Gasteiger partial charge in [0.2, 0.25) is 5.91 Å². The number of hydrogen-bond donors (Lipinski definition) is 1. The van der Waals surface area contributed by atoms with Crippen LogP contribution in [0.5, 0.6) is 0 Å². The van der Waals surface area contributed by atoms with Crippen LogP contribution in [0.3, 0.4) is 0 Å². The van der Waals surface area contributed by atoms with Crippen LogP contribution < -0.4 is 5.43 Å². The fourth-order valence-electron chi connectivity index (χ4n) is 4.74. The van der Waals surface area contributed by atoms with Gasteiger partial charge in [0.1, 0.15) is 11.1 Å². The second-order valence-electron chi connectivity index (χ2n) is 9.61. The number of pyridine rings is 1. The lowest BCUT2D eigenvalue weighted by Gasteiger charge is -2.15. The third-order valence-electron chi connectivity index (χ3n) is 6.57. The number of amides is 1. The molecule has 0 aliphatic heterocycles. The number of methoxy groups -OCH3 is 1. The van der Waals surface area contributed by atoms with Crippen molar-refractivity contribution in [2.45, 2.75) is 18.6 Å². The van der Waals surface area contributed by atoms with Gasteiger partial charge in [-0.1, -0.05) is 88.4 Å². The van der Waals surface area contributed by atoms with Crippen molar-refractivity contribution in [2.24, 2.45) is 5.10 Å². The molecule has 0 radical (unpaired) electrons. The molecule has 5 rings (SSSR count). The van der Waals surface area contributed by atoms with Crippen molar-refractivity contribution in [3.05, 3.63) is 124 Å². The molecule has 0 atom stereocenters. The van der Waals surface area contributed by atoms with Crippen LogP contribution in [0.15, 0.2) is 112 Å². The molecule has 1 N–H and O–H groups in total. The van der Waals surface area contributed by atoms with E-state index in [-0.39, 0.29) is 11.7 Å². The van der Waals surface area contributed by atoms with Gasteiger partial charge < -0.3 is 9.30 Å². The van der Waals surface area contributed by atoms with Crippen molar-refractivity contribution in [1.29, 1.82) is 5.26 Å². The van der Waals surface area contributed by atoms with Crippen LogP contribution in [-0.2, 0) is 16.1 Å². The molecule has 2 heterocycles. The fourth-order valence-corrected chi connectivity index (χ4v) is 5.87. The highest BCUT2D eigenvalue weighted by molar-refractivity contribution is 9.10. The summed E-state index contributed by atoms with van der Waals surface area (Å²) in [6.45, 7) is 2.15. The number of benzene rings is 3. The normalized spacial score (nSPS) is 11.0. The van der Waals surface area contributed by atoms with Gasteiger partial charge in [-0.3, -0.25) is 4.79 Å². The van der Waals surface area contributed by atoms with Crippen molar-refractivity contribution in [3.63, 3.8) is 0 Å². The number of aryl methyl sites for hydroxylation is 1. The molecule has 0 saturated carbocycles. The number of rotatable bonds is 10. The molecule has 214 valence electrons. The molecule has 0 aliphatic carbocycles. The van der Waals surface area contributed by atoms with Gasteiger partial charge in [-0.2, -0.15) is 10.4 Å². The number of halogens is 1. The highest BCUT2D eigenvalue weighted by Gasteiger charge is 2.19. The molecule has 1 amide bonds. The monoisotopic (exact) mass is 649 g/mol. The van der Waals surface area contributed by atoms with E-state index in [1.165, 1.54) is 11.8 Å². The molecule has 2 aromatic heterocycles. The number of carbonyl (C=O) groups is 1. The van der Waals surface area contributed by atoms with Gasteiger partial charge in [0, 0.05) is 28.5 Å². The second kappa shape index (κ2) is 14.1. The standard InChI is InChI=1S/C34H28BrN5O2S/c1-23-17-27(21-42-2)30(19-36)34(38-23)43-22-32(41)39-37-20-26-18-31(24-9-5-3-6-10-24)40(29-15-13-28(35)14-16-29)33(26)25-11-7-4-8-12-25/h3-18,20H,21-22H2,1-2H3,(H,39,41)/b37-20-. The lowest BCUT2D eigenvalue weighted by atomic mass is 10.1. The Balaban J connectivity index is 1.46. The topological polar surface area (TPSA) is 92.3 Å². The highest BCUT2D eigenvalue weighted by Crippen LogP contribution is 2.35. The molecular formula is C34H28BrN5O2S. The number of thioether (sulfide) groups is 1. The number of nitrogens with one attached hydrogen (secondary N) is 1. The summed E-state index contributed by atoms with van der Waals surface area (Å²) in [5.74, 6) is -0.256. The van der Waals surface area contributed by atoms with Gasteiger partial charge in [0.05, 0.1) is 35.5 Å². The molecule has 0 saturated heterocycles. The zero-order valence-electron chi connectivity index (χ0n) is 23.6. The van der Waals surface area contributed by atoms with E-state index in [1.54, 1.807) is 13.3 Å². The number of carbonyl (C=O) groups excluding carboxylic acids is 1. The molecule has 9 heteroatoms. The van der Waals surface area contributed by atoms with Gasteiger partial charge >= 0.3 is 0 Å². The third kappa shape index (κ3) is 7.12. The number of nitrogens with zero attached hydrogens (tertiary/aromatic N) is 4. The number of hydrogen-bond acceptors (Lipinski definition) is 6. The van der Waals surface area contributed by atoms with Gasteiger partial charge in [-0.25, -0.2) is 10.4 Å². The lowest BCUT2D eigenvalue weighted by molar-refractivity contribution is -0.118. The van der Waals surface area contributed by atoms with E-state index in [2.05, 4.69) is 84.5 Å². The Bertz CT molecular complexity index is 1800. The summed E-state index contributed by atoms with van der Waals surface area (Å²) < 4.78 is 8.42. The Kier molecular flexibility index (Phi) is 9.84. The highest BCUT2D eigenvalue weighted by atomic mass is 79.9. The predicted molar refractivity (Wildman–Crippen MR) is 175 cm³/mol. The van der Waals surface area contributed by atoms with Crippen molar-refractivity contribution < 1.29 is 9.53 Å². The third-order valence-corrected chi connectivity index (χ3v) is 8.08. The van der Waals surface area contributed by atoms with Crippen molar-refractivity contribution in [3.8, 4) is 34.3 Å². The summed E-state index contributed by atoms with van der Waals surface area (Å²) in [5.41, 5.74) is 10.4. The van der Waals surface area contributed by atoms with E-state index in [0.29, 0.717) is 17.2 Å². The molecular weight excluding hydrogens is 622 g/mol. The average Bonchev–Trinajstić information content (AvgIpc) is 3.40. The Morgan fingerprint density at radius 1 is 1.05 bits per heavy atom. The lowest BCUT2D eigenvalue weighted by Crippen LogP contribution is -2.20. The summed E-state index contributed by atoms with van der Waals surface area (Å²) in [4.78, 5) is 17.3. The van der Waals surface area contributed by atoms with E-state index in [9.17, 15) is 10.1 Å². The van der Waals surface area contributed by atoms with Crippen LogP contribution >= 0.6 is 27.7 Å². The Hall–Kier alpha value is -4.49. The first-order chi connectivity index (χ1) is 21.0. The molecule has 5 aromatic rings. The number of nitriles is 1. The number of ether oxygens (including phenoxy) is 1. The van der Waals surface area contributed by atoms with Crippen LogP contribution in [0.25, 0.3) is 28.2 Å². The summed E-state index contributed by atoms with van der Waals surface area (Å²) in [7, 11) is 1.58. The van der Waals surface area contributed by atoms with Gasteiger partial charge in [-0.05, 0) is 60.0 Å². The van der Waals surface area contributed by atoms with Crippen LogP contribution in [0.1, 0.15) is 22.4 Å². The Morgan fingerprint density at radius 2 is 1.72 bits per heavy atom. The van der Waals surface area contributed by atoms with E-state index < -0.39 is 0 Å². The minimum absolute atomic E-state index is 0.0512. The molecule has 0 spiro atoms. The molecule has 0 bridgehead atoms. The summed E-state index contributed by atoms with van der Waals surface area (Å²) in [6.07, 6.45) is 1.68. The maximum Gasteiger partial charge on any atom is 0.250 e. The predicted octanol–water partition coefficient (Wildman–Crippen LogP) is 7.54. The molecule has 0 fully saturated rings. The quantitative estimate of drug-likeness (QED) is 0.0959. The van der Waals surface area contributed by atoms with Crippen molar-refractivity contribution >= 4 is 39.8 Å². The van der Waals surface area contributed by atoms with Gasteiger partial charge in [-0.15, -0.1) is 0 Å². The SMILES string of the molecule is COCc1cc(C)nc(SCC(=O)N/N=C\c2cc(-c3ccccc3)n(-c3ccc(Br)cc3)c2-c2ccccc2)c1C#N. The van der Waals surface area contributed by atoms with E-state index in [1.807, 2.05) is 61.5 Å². The summed E-state index contributed by atoms with van der Waals surface area (Å²) in [5, 5.41) is 14.5. The largest absolute Gasteiger partial charge is 0.380 e. The minimum atomic E-state index is -0.307. The Labute approximate surface area is 263 Å². The van der Waals surface area contributed by atoms with E-state index in [4.69, 9.17) is 4.74 Å². The van der Waals surface area contributed by atoms with Crippen LogP contribution in [0, 0.1) is 18.3 Å². The molecule has 43 heavy (non-hydrogen) atoms. The molecule has 0 unspecified atom stereocenters. The zero-order valence-corrected chi connectivity index (χ0v) is 26.0. The first kappa shape index (κ1) is 30.0. The average molecular weight is 651 g/mol. The van der Waals surface area contributed by atoms with Gasteiger partial charge in [0.25, 0.3) is 0 Å². The molecule has 7 nitrogen and oxygen atoms in total. The van der Waals surface area contributed by atoms with Crippen LogP contribution in [0.2, 0.25) is 0 Å². The maximum atomic E-state index is 12.8. The first-order valence-electron chi connectivity index (χ1n) is 13.4. The van der Waals surface area contributed by atoms with E-state index in [0.717, 1.165) is 49.5 Å². The smallest absolute Gasteiger partial charge is 0.250 e. The number of aromatic nitrogens is 2. The number of hydrazone groups is 1. The summed E-state index contributed by atoms with van der Waals surface area (Å²) in [6, 6.07) is 34.6.